The van der Waals surface area contributed by atoms with Crippen LogP contribution in [-0.4, -0.2) is 79.2 Å². The van der Waals surface area contributed by atoms with Gasteiger partial charge in [0.1, 0.15) is 17.8 Å². The molecule has 10 heteroatoms. The molecule has 1 saturated heterocycles. The van der Waals surface area contributed by atoms with Gasteiger partial charge >= 0.3 is 0 Å². The van der Waals surface area contributed by atoms with Gasteiger partial charge in [-0.1, -0.05) is 0 Å². The second-order valence-corrected chi connectivity index (χ2v) is 7.27. The van der Waals surface area contributed by atoms with Crippen LogP contribution in [0.25, 0.3) is 0 Å². The molecule has 4 heterocycles. The number of ether oxygens (including phenoxy) is 1. The van der Waals surface area contributed by atoms with Crippen LogP contribution in [0.3, 0.4) is 0 Å². The van der Waals surface area contributed by atoms with Gasteiger partial charge in [-0.05, 0) is 0 Å². The van der Waals surface area contributed by atoms with Crippen LogP contribution in [-0.2, 0) is 28.7 Å². The molecule has 0 radical (unpaired) electrons. The van der Waals surface area contributed by atoms with E-state index in [2.05, 4.69) is 15.1 Å². The smallest absolute Gasteiger partial charge is 0.293 e. The molecule has 2 aromatic heterocycles. The monoisotopic (exact) mass is 373 g/mol. The summed E-state index contributed by atoms with van der Waals surface area (Å²) < 4.78 is 9.82. The van der Waals surface area contributed by atoms with Crippen molar-refractivity contribution in [2.75, 3.05) is 27.2 Å². The largest absolute Gasteiger partial charge is 0.352 e. The summed E-state index contributed by atoms with van der Waals surface area (Å²) in [6, 6.07) is 0. The molecule has 2 aliphatic rings. The summed E-state index contributed by atoms with van der Waals surface area (Å²) in [4.78, 5) is 36.9. The Balaban J connectivity index is 1.54. The Hall–Kier alpha value is -2.75. The third-order valence-electron chi connectivity index (χ3n) is 5.22. The van der Waals surface area contributed by atoms with Gasteiger partial charge in [-0.3, -0.25) is 14.3 Å². The van der Waals surface area contributed by atoms with Gasteiger partial charge in [0, 0.05) is 59.5 Å². The van der Waals surface area contributed by atoms with Crippen LogP contribution < -0.4 is 0 Å². The maximum absolute atomic E-state index is 12.6. The Kier molecular flexibility index (Phi) is 4.22. The summed E-state index contributed by atoms with van der Waals surface area (Å²) in [7, 11) is 5.18. The van der Waals surface area contributed by atoms with Crippen molar-refractivity contribution in [1.29, 1.82) is 0 Å². The standard InChI is InChI=1S/C17H23N7O3/c1-21(2)14(25)12-10-24-9-6-18-16(24)17(27-12)4-7-23(8-5-17)15(26)13-19-11-22(3)20-13/h6,9,11-12H,4-5,7-8,10H2,1-3H3/t12-/m1/s1. The molecule has 1 fully saturated rings. The third-order valence-corrected chi connectivity index (χ3v) is 5.22. The molecule has 0 aromatic carbocycles. The number of likely N-dealkylation sites (tertiary alicyclic amines) is 1. The summed E-state index contributed by atoms with van der Waals surface area (Å²) in [5.41, 5.74) is -0.660. The summed E-state index contributed by atoms with van der Waals surface area (Å²) in [6.45, 7) is 1.44. The molecular formula is C17H23N7O3. The first kappa shape index (κ1) is 17.7. The molecule has 10 nitrogen and oxygen atoms in total. The molecular weight excluding hydrogens is 350 g/mol. The molecule has 2 aromatic rings. The highest BCUT2D eigenvalue weighted by Crippen LogP contribution is 2.40. The van der Waals surface area contributed by atoms with Crippen LogP contribution in [0.15, 0.2) is 18.7 Å². The van der Waals surface area contributed by atoms with Crippen molar-refractivity contribution < 1.29 is 14.3 Å². The Morgan fingerprint density at radius 2 is 2.00 bits per heavy atom. The highest BCUT2D eigenvalue weighted by atomic mass is 16.5. The third kappa shape index (κ3) is 2.99. The van der Waals surface area contributed by atoms with E-state index < -0.39 is 11.7 Å². The predicted octanol–water partition coefficient (Wildman–Crippen LogP) is -0.370. The number of likely N-dealkylation sites (N-methyl/N-ethyl adjacent to an activating group) is 1. The number of hydrogen-bond acceptors (Lipinski definition) is 6. The van der Waals surface area contributed by atoms with Crippen LogP contribution >= 0.6 is 0 Å². The molecule has 144 valence electrons. The lowest BCUT2D eigenvalue weighted by molar-refractivity contribution is -0.178. The van der Waals surface area contributed by atoms with Crippen LogP contribution in [0.5, 0.6) is 0 Å². The van der Waals surface area contributed by atoms with Crippen molar-refractivity contribution in [3.8, 4) is 0 Å². The average molecular weight is 373 g/mol. The van der Waals surface area contributed by atoms with Crippen LogP contribution in [0.2, 0.25) is 0 Å². The summed E-state index contributed by atoms with van der Waals surface area (Å²) in [6.07, 6.45) is 5.71. The summed E-state index contributed by atoms with van der Waals surface area (Å²) in [5.74, 6) is 0.768. The zero-order chi connectivity index (χ0) is 19.2. The minimum Gasteiger partial charge on any atom is -0.352 e. The topological polar surface area (TPSA) is 98.4 Å². The maximum atomic E-state index is 12.6. The molecule has 1 spiro atoms. The van der Waals surface area contributed by atoms with E-state index in [-0.39, 0.29) is 17.6 Å². The molecule has 0 bridgehead atoms. The van der Waals surface area contributed by atoms with E-state index >= 15 is 0 Å². The first-order chi connectivity index (χ1) is 12.9. The van der Waals surface area contributed by atoms with E-state index in [9.17, 15) is 9.59 Å². The normalized spacial score (nSPS) is 21.1. The number of amides is 2. The first-order valence-corrected chi connectivity index (χ1v) is 8.95. The number of aromatic nitrogens is 5. The van der Waals surface area contributed by atoms with Crippen LogP contribution in [0.4, 0.5) is 0 Å². The Bertz CT molecular complexity index is 864. The van der Waals surface area contributed by atoms with Crippen molar-refractivity contribution in [2.45, 2.75) is 31.1 Å². The van der Waals surface area contributed by atoms with Gasteiger partial charge in [-0.15, -0.1) is 5.10 Å². The number of rotatable bonds is 2. The summed E-state index contributed by atoms with van der Waals surface area (Å²) >= 11 is 0. The van der Waals surface area contributed by atoms with E-state index in [1.54, 1.807) is 37.1 Å². The number of hydrogen-bond donors (Lipinski definition) is 0. The van der Waals surface area contributed by atoms with E-state index in [1.807, 2.05) is 10.8 Å². The van der Waals surface area contributed by atoms with E-state index in [1.165, 1.54) is 11.0 Å². The van der Waals surface area contributed by atoms with E-state index in [4.69, 9.17) is 4.74 Å². The SMILES string of the molecule is CN(C)C(=O)[C@H]1Cn2ccnc2C2(CCN(C(=O)c3ncn(C)n3)CC2)O1. The molecule has 0 aliphatic carbocycles. The van der Waals surface area contributed by atoms with Crippen molar-refractivity contribution in [2.24, 2.45) is 7.05 Å². The minimum atomic E-state index is -0.660. The van der Waals surface area contributed by atoms with Crippen molar-refractivity contribution >= 4 is 11.8 Å². The molecule has 1 atom stereocenters. The number of piperidine rings is 1. The number of fused-ring (bicyclic) bond motifs is 2. The Morgan fingerprint density at radius 3 is 2.63 bits per heavy atom. The number of carbonyl (C=O) groups is 2. The second-order valence-electron chi connectivity index (χ2n) is 7.27. The van der Waals surface area contributed by atoms with Crippen molar-refractivity contribution in [3.05, 3.63) is 30.4 Å². The number of carbonyl (C=O) groups excluding carboxylic acids is 2. The van der Waals surface area contributed by atoms with Crippen LogP contribution in [0, 0.1) is 0 Å². The quantitative estimate of drug-likeness (QED) is 0.712. The molecule has 27 heavy (non-hydrogen) atoms. The van der Waals surface area contributed by atoms with E-state index in [0.29, 0.717) is 32.5 Å². The molecule has 4 rings (SSSR count). The molecule has 0 saturated carbocycles. The second kappa shape index (κ2) is 6.45. The van der Waals surface area contributed by atoms with Crippen molar-refractivity contribution in [3.63, 3.8) is 0 Å². The zero-order valence-electron chi connectivity index (χ0n) is 15.7. The van der Waals surface area contributed by atoms with E-state index in [0.717, 1.165) is 5.82 Å². The molecule has 0 unspecified atom stereocenters. The van der Waals surface area contributed by atoms with Crippen LogP contribution in [0.1, 0.15) is 29.3 Å². The number of imidazole rings is 1. The van der Waals surface area contributed by atoms with Gasteiger partial charge in [0.2, 0.25) is 5.82 Å². The van der Waals surface area contributed by atoms with Crippen molar-refractivity contribution in [1.82, 2.24) is 34.1 Å². The fourth-order valence-electron chi connectivity index (χ4n) is 3.80. The lowest BCUT2D eigenvalue weighted by Gasteiger charge is -2.45. The summed E-state index contributed by atoms with van der Waals surface area (Å²) in [5, 5.41) is 4.09. The Labute approximate surface area is 156 Å². The van der Waals surface area contributed by atoms with Gasteiger partial charge < -0.3 is 19.1 Å². The average Bonchev–Trinajstić information content (AvgIpc) is 3.30. The highest BCUT2D eigenvalue weighted by molar-refractivity contribution is 5.90. The number of nitrogens with zero attached hydrogens (tertiary/aromatic N) is 7. The first-order valence-electron chi connectivity index (χ1n) is 8.95. The minimum absolute atomic E-state index is 0.0649. The fraction of sp³-hybridized carbons (Fsp3) is 0.588. The van der Waals surface area contributed by atoms with Gasteiger partial charge in [0.25, 0.3) is 11.8 Å². The van der Waals surface area contributed by atoms with Gasteiger partial charge in [-0.2, -0.15) is 0 Å². The highest BCUT2D eigenvalue weighted by Gasteiger charge is 2.48. The lowest BCUT2D eigenvalue weighted by Crippen LogP contribution is -2.54. The van der Waals surface area contributed by atoms with Gasteiger partial charge in [-0.25, -0.2) is 9.97 Å². The van der Waals surface area contributed by atoms with Gasteiger partial charge in [0.15, 0.2) is 6.10 Å². The Morgan fingerprint density at radius 1 is 1.26 bits per heavy atom. The fourth-order valence-corrected chi connectivity index (χ4v) is 3.80. The molecule has 2 amide bonds. The lowest BCUT2D eigenvalue weighted by atomic mass is 9.88. The van der Waals surface area contributed by atoms with Gasteiger partial charge in [0.05, 0.1) is 6.54 Å². The predicted molar refractivity (Wildman–Crippen MR) is 93.6 cm³/mol. The molecule has 0 N–H and O–H groups in total. The zero-order valence-corrected chi connectivity index (χ0v) is 15.7. The molecule has 2 aliphatic heterocycles. The number of aryl methyl sites for hydroxylation is 1. The maximum Gasteiger partial charge on any atom is 0.293 e.